The summed E-state index contributed by atoms with van der Waals surface area (Å²) in [6, 6.07) is 2.25. The van der Waals surface area contributed by atoms with Crippen molar-refractivity contribution in [3.05, 3.63) is 11.8 Å². The number of aromatic nitrogens is 2. The number of carbonyl (C=O) groups is 1. The van der Waals surface area contributed by atoms with E-state index in [2.05, 4.69) is 16.5 Å². The fraction of sp³-hybridized carbons (Fsp3) is 0.783. The number of nitrogens with zero attached hydrogens (tertiary/aromatic N) is 4. The summed E-state index contributed by atoms with van der Waals surface area (Å²) >= 11 is 0. The molecule has 1 amide bonds. The van der Waals surface area contributed by atoms with Crippen LogP contribution < -0.4 is 11.1 Å². The molecule has 2 aliphatic carbocycles. The fourth-order valence-corrected chi connectivity index (χ4v) is 5.25. The lowest BCUT2D eigenvalue weighted by atomic mass is 9.75. The minimum atomic E-state index is -4.41. The van der Waals surface area contributed by atoms with Crippen molar-refractivity contribution in [1.82, 2.24) is 14.7 Å². The molecule has 0 radical (unpaired) electrons. The molecule has 8 nitrogen and oxygen atoms in total. The summed E-state index contributed by atoms with van der Waals surface area (Å²) in [4.78, 5) is 14.1. The van der Waals surface area contributed by atoms with Crippen LogP contribution in [0.2, 0.25) is 0 Å². The van der Waals surface area contributed by atoms with E-state index in [0.717, 1.165) is 12.8 Å². The number of carbonyl (C=O) groups excluding carboxylic acids is 1. The predicted octanol–water partition coefficient (Wildman–Crippen LogP) is 3.28. The Morgan fingerprint density at radius 1 is 1.32 bits per heavy atom. The van der Waals surface area contributed by atoms with Gasteiger partial charge in [-0.3, -0.25) is 14.4 Å². The summed E-state index contributed by atoms with van der Waals surface area (Å²) < 4.78 is 48.1. The van der Waals surface area contributed by atoms with Crippen molar-refractivity contribution in [3.8, 4) is 6.07 Å². The summed E-state index contributed by atoms with van der Waals surface area (Å²) in [7, 11) is 0. The van der Waals surface area contributed by atoms with E-state index in [9.17, 15) is 23.2 Å². The highest BCUT2D eigenvalue weighted by Gasteiger charge is 2.64. The van der Waals surface area contributed by atoms with Crippen LogP contribution in [0.5, 0.6) is 0 Å². The average molecular weight is 483 g/mol. The third-order valence-electron chi connectivity index (χ3n) is 7.39. The van der Waals surface area contributed by atoms with E-state index >= 15 is 0 Å². The Morgan fingerprint density at radius 2 is 1.97 bits per heavy atom. The van der Waals surface area contributed by atoms with Gasteiger partial charge in [0.2, 0.25) is 5.91 Å². The first-order chi connectivity index (χ1) is 16.0. The number of nitriles is 1. The monoisotopic (exact) mass is 482 g/mol. The lowest BCUT2D eigenvalue weighted by molar-refractivity contribution is -0.332. The Morgan fingerprint density at radius 3 is 2.47 bits per heavy atom. The van der Waals surface area contributed by atoms with Gasteiger partial charge in [0.1, 0.15) is 0 Å². The predicted molar refractivity (Wildman–Crippen MR) is 119 cm³/mol. The van der Waals surface area contributed by atoms with E-state index in [1.807, 2.05) is 4.90 Å². The van der Waals surface area contributed by atoms with Crippen LogP contribution in [-0.2, 0) is 21.6 Å². The maximum absolute atomic E-state index is 13.7. The first-order valence-corrected chi connectivity index (χ1v) is 12.0. The minimum Gasteiger partial charge on any atom is -0.360 e. The number of ether oxygens (including phenoxy) is 1. The Hall–Kier alpha value is -2.16. The Kier molecular flexibility index (Phi) is 6.70. The maximum atomic E-state index is 13.7. The van der Waals surface area contributed by atoms with E-state index in [0.29, 0.717) is 37.1 Å². The molecule has 188 valence electrons. The molecule has 1 aliphatic heterocycles. The van der Waals surface area contributed by atoms with Gasteiger partial charge in [0.15, 0.2) is 11.4 Å². The van der Waals surface area contributed by atoms with Gasteiger partial charge in [0.25, 0.3) is 0 Å². The molecule has 2 saturated carbocycles. The number of alkyl halides is 3. The second-order valence-corrected chi connectivity index (χ2v) is 10.3. The van der Waals surface area contributed by atoms with E-state index in [4.69, 9.17) is 10.5 Å². The van der Waals surface area contributed by atoms with Crippen molar-refractivity contribution in [2.45, 2.75) is 94.8 Å². The highest BCUT2D eigenvalue weighted by atomic mass is 19.4. The van der Waals surface area contributed by atoms with Crippen LogP contribution >= 0.6 is 0 Å². The quantitative estimate of drug-likeness (QED) is 0.589. The SMILES string of the molecule is CC(C)OC1(C(F)(F)F)CN([C@H]2CC[C@](CC#N)(n3cc(CN)c(NC(=O)C4CC4)n3)CC2)C1. The lowest BCUT2D eigenvalue weighted by Crippen LogP contribution is -2.73. The zero-order valence-corrected chi connectivity index (χ0v) is 19.7. The van der Waals surface area contributed by atoms with Gasteiger partial charge in [0, 0.05) is 43.4 Å². The van der Waals surface area contributed by atoms with E-state index in [-0.39, 0.29) is 43.9 Å². The first-order valence-electron chi connectivity index (χ1n) is 12.0. The fourth-order valence-electron chi connectivity index (χ4n) is 5.25. The molecular weight excluding hydrogens is 449 g/mol. The van der Waals surface area contributed by atoms with Crippen molar-refractivity contribution < 1.29 is 22.7 Å². The van der Waals surface area contributed by atoms with Crippen LogP contribution in [0.4, 0.5) is 19.0 Å². The lowest BCUT2D eigenvalue weighted by Gasteiger charge is -2.55. The van der Waals surface area contributed by atoms with Crippen molar-refractivity contribution in [2.75, 3.05) is 18.4 Å². The number of anilines is 1. The molecular formula is C23H33F3N6O2. The van der Waals surface area contributed by atoms with Crippen LogP contribution in [-0.4, -0.2) is 57.6 Å². The number of rotatable bonds is 8. The standard InChI is InChI=1S/C23H33F3N6O2/c1-15(2)34-22(23(24,25)26)13-31(14-22)18-5-7-21(8-6-18,9-10-27)32-12-17(11-28)19(30-32)29-20(33)16-3-4-16/h12,15-16,18H,3-9,11,13-14,28H2,1-2H3,(H,29,30,33)/t18-,21-. The van der Waals surface area contributed by atoms with Crippen LogP contribution in [0.3, 0.4) is 0 Å². The maximum Gasteiger partial charge on any atom is 0.419 e. The highest BCUT2D eigenvalue weighted by Crippen LogP contribution is 2.46. The summed E-state index contributed by atoms with van der Waals surface area (Å²) in [6.45, 7) is 3.11. The number of amides is 1. The number of hydrogen-bond donors (Lipinski definition) is 2. The zero-order chi connectivity index (χ0) is 24.7. The van der Waals surface area contributed by atoms with Gasteiger partial charge in [0.05, 0.1) is 24.1 Å². The van der Waals surface area contributed by atoms with Crippen molar-refractivity contribution in [3.63, 3.8) is 0 Å². The number of halogens is 3. The topological polar surface area (TPSA) is 109 Å². The molecule has 0 aromatic carbocycles. The van der Waals surface area contributed by atoms with Crippen molar-refractivity contribution >= 4 is 11.7 Å². The Bertz CT molecular complexity index is 935. The molecule has 4 rings (SSSR count). The Balaban J connectivity index is 1.45. The van der Waals surface area contributed by atoms with Gasteiger partial charge in [-0.05, 0) is 52.4 Å². The molecule has 34 heavy (non-hydrogen) atoms. The molecule has 0 spiro atoms. The molecule has 3 N–H and O–H groups in total. The zero-order valence-electron chi connectivity index (χ0n) is 19.7. The molecule has 1 aromatic rings. The second-order valence-electron chi connectivity index (χ2n) is 10.3. The molecule has 3 aliphatic rings. The number of nitrogens with one attached hydrogen (secondary N) is 1. The second kappa shape index (κ2) is 9.13. The van der Waals surface area contributed by atoms with Crippen LogP contribution in [0.25, 0.3) is 0 Å². The third kappa shape index (κ3) is 4.68. The summed E-state index contributed by atoms with van der Waals surface area (Å²) in [5, 5.41) is 17.0. The highest BCUT2D eigenvalue weighted by molar-refractivity contribution is 5.93. The smallest absolute Gasteiger partial charge is 0.360 e. The summed E-state index contributed by atoms with van der Waals surface area (Å²) in [6.07, 6.45) is 1.36. The molecule has 0 unspecified atom stereocenters. The van der Waals surface area contributed by atoms with Gasteiger partial charge >= 0.3 is 6.18 Å². The molecule has 2 heterocycles. The number of hydrogen-bond acceptors (Lipinski definition) is 6. The van der Waals surface area contributed by atoms with Gasteiger partial charge in [-0.2, -0.15) is 23.5 Å². The molecule has 3 fully saturated rings. The largest absolute Gasteiger partial charge is 0.419 e. The van der Waals surface area contributed by atoms with Gasteiger partial charge < -0.3 is 15.8 Å². The number of likely N-dealkylation sites (tertiary alicyclic amines) is 1. The van der Waals surface area contributed by atoms with Crippen molar-refractivity contribution in [2.24, 2.45) is 11.7 Å². The van der Waals surface area contributed by atoms with Gasteiger partial charge in [-0.15, -0.1) is 0 Å². The molecule has 1 saturated heterocycles. The Labute approximate surface area is 197 Å². The van der Waals surface area contributed by atoms with Gasteiger partial charge in [-0.25, -0.2) is 0 Å². The van der Waals surface area contributed by atoms with Crippen LogP contribution in [0, 0.1) is 17.2 Å². The number of nitrogens with two attached hydrogens (primary N) is 1. The first kappa shape index (κ1) is 24.9. The molecule has 1 aromatic heterocycles. The molecule has 0 atom stereocenters. The average Bonchev–Trinajstić information content (AvgIpc) is 3.51. The van der Waals surface area contributed by atoms with Gasteiger partial charge in [-0.1, -0.05) is 0 Å². The third-order valence-corrected chi connectivity index (χ3v) is 7.39. The van der Waals surface area contributed by atoms with Crippen molar-refractivity contribution in [1.29, 1.82) is 5.26 Å². The van der Waals surface area contributed by atoms with Crippen LogP contribution in [0.15, 0.2) is 6.20 Å². The van der Waals surface area contributed by atoms with E-state index in [1.165, 1.54) is 0 Å². The molecule has 11 heteroatoms. The normalized spacial score (nSPS) is 27.3. The summed E-state index contributed by atoms with van der Waals surface area (Å²) in [5.41, 5.74) is 3.91. The molecule has 0 bridgehead atoms. The van der Waals surface area contributed by atoms with Crippen LogP contribution in [0.1, 0.15) is 64.4 Å². The van der Waals surface area contributed by atoms with E-state index in [1.54, 1.807) is 24.7 Å². The minimum absolute atomic E-state index is 0.00311. The van der Waals surface area contributed by atoms with E-state index < -0.39 is 23.4 Å². The summed E-state index contributed by atoms with van der Waals surface area (Å²) in [5.74, 6) is 0.397.